The minimum absolute atomic E-state index is 0.0858. The molecule has 3 heteroatoms. The highest BCUT2D eigenvalue weighted by Gasteiger charge is 2.34. The van der Waals surface area contributed by atoms with Crippen LogP contribution in [0.4, 0.5) is 0 Å². The molecule has 0 radical (unpaired) electrons. The molecule has 0 bridgehead atoms. The van der Waals surface area contributed by atoms with E-state index in [0.717, 1.165) is 32.3 Å². The molecular weight excluding hydrogens is 228 g/mol. The van der Waals surface area contributed by atoms with Gasteiger partial charge < -0.3 is 9.84 Å². The Labute approximate surface area is 111 Å². The number of carbonyl (C=O) groups is 1. The lowest BCUT2D eigenvalue weighted by Gasteiger charge is -2.39. The van der Waals surface area contributed by atoms with Crippen molar-refractivity contribution in [3.63, 3.8) is 0 Å². The maximum Gasteiger partial charge on any atom is 0.303 e. The number of hydrogen-bond acceptors (Lipinski definition) is 2. The molecular formula is C15H28O3. The van der Waals surface area contributed by atoms with Crippen molar-refractivity contribution >= 4 is 5.97 Å². The lowest BCUT2D eigenvalue weighted by atomic mass is 9.76. The van der Waals surface area contributed by atoms with E-state index >= 15 is 0 Å². The average Bonchev–Trinajstić information content (AvgIpc) is 2.22. The number of carboxylic acids is 1. The Morgan fingerprint density at radius 1 is 1.39 bits per heavy atom. The van der Waals surface area contributed by atoms with Crippen molar-refractivity contribution in [3.05, 3.63) is 0 Å². The third-order valence-electron chi connectivity index (χ3n) is 3.95. The second-order valence-corrected chi connectivity index (χ2v) is 6.69. The summed E-state index contributed by atoms with van der Waals surface area (Å²) in [6, 6.07) is 0. The summed E-state index contributed by atoms with van der Waals surface area (Å²) in [5.74, 6) is 0.805. The van der Waals surface area contributed by atoms with E-state index in [4.69, 9.17) is 9.84 Å². The number of rotatable bonds is 6. The molecule has 1 aliphatic rings. The molecule has 0 aliphatic carbocycles. The summed E-state index contributed by atoms with van der Waals surface area (Å²) in [4.78, 5) is 11.0. The van der Waals surface area contributed by atoms with Crippen LogP contribution < -0.4 is 0 Å². The fourth-order valence-corrected chi connectivity index (χ4v) is 2.96. The molecule has 1 saturated heterocycles. The van der Waals surface area contributed by atoms with Crippen LogP contribution in [0.15, 0.2) is 0 Å². The fraction of sp³-hybridized carbons (Fsp3) is 0.933. The first kappa shape index (κ1) is 15.5. The quantitative estimate of drug-likeness (QED) is 0.788. The highest BCUT2D eigenvalue weighted by Crippen LogP contribution is 2.37. The van der Waals surface area contributed by atoms with Crippen LogP contribution in [0.5, 0.6) is 0 Å². The van der Waals surface area contributed by atoms with E-state index in [1.807, 2.05) is 0 Å². The van der Waals surface area contributed by atoms with Gasteiger partial charge in [0.2, 0.25) is 0 Å². The number of carboxylic acid groups (broad SMARTS) is 1. The van der Waals surface area contributed by atoms with Crippen LogP contribution in [0.25, 0.3) is 0 Å². The van der Waals surface area contributed by atoms with E-state index in [1.165, 1.54) is 0 Å². The SMILES string of the molecule is CC(C)CC[C@@H](CC(=O)O)[C@@H]1CCOC(C)(C)C1. The van der Waals surface area contributed by atoms with Gasteiger partial charge in [0, 0.05) is 13.0 Å². The van der Waals surface area contributed by atoms with Crippen molar-refractivity contribution < 1.29 is 14.6 Å². The molecule has 0 spiro atoms. The molecule has 0 aromatic rings. The van der Waals surface area contributed by atoms with E-state index < -0.39 is 5.97 Å². The molecule has 18 heavy (non-hydrogen) atoms. The van der Waals surface area contributed by atoms with Crippen LogP contribution in [-0.4, -0.2) is 23.3 Å². The molecule has 2 atom stereocenters. The van der Waals surface area contributed by atoms with E-state index in [1.54, 1.807) is 0 Å². The smallest absolute Gasteiger partial charge is 0.303 e. The lowest BCUT2D eigenvalue weighted by Crippen LogP contribution is -2.37. The van der Waals surface area contributed by atoms with Gasteiger partial charge in [-0.05, 0) is 50.9 Å². The van der Waals surface area contributed by atoms with Gasteiger partial charge in [0.25, 0.3) is 0 Å². The average molecular weight is 256 g/mol. The van der Waals surface area contributed by atoms with Gasteiger partial charge in [-0.3, -0.25) is 4.79 Å². The zero-order chi connectivity index (χ0) is 13.8. The number of hydrogen-bond donors (Lipinski definition) is 1. The molecule has 0 saturated carbocycles. The summed E-state index contributed by atoms with van der Waals surface area (Å²) < 4.78 is 5.73. The summed E-state index contributed by atoms with van der Waals surface area (Å²) in [5.41, 5.74) is -0.0858. The van der Waals surface area contributed by atoms with Crippen molar-refractivity contribution in [2.45, 2.75) is 65.4 Å². The first-order chi connectivity index (χ1) is 8.30. The highest BCUT2D eigenvalue weighted by atomic mass is 16.5. The molecule has 0 amide bonds. The van der Waals surface area contributed by atoms with E-state index in [-0.39, 0.29) is 5.60 Å². The molecule has 0 aromatic heterocycles. The van der Waals surface area contributed by atoms with Crippen LogP contribution in [0.2, 0.25) is 0 Å². The zero-order valence-electron chi connectivity index (χ0n) is 12.2. The van der Waals surface area contributed by atoms with Gasteiger partial charge in [-0.25, -0.2) is 0 Å². The fourth-order valence-electron chi connectivity index (χ4n) is 2.96. The Bertz CT molecular complexity index is 271. The Balaban J connectivity index is 2.60. The second kappa shape index (κ2) is 6.55. The monoisotopic (exact) mass is 256 g/mol. The highest BCUT2D eigenvalue weighted by molar-refractivity contribution is 5.67. The number of aliphatic carboxylic acids is 1. The van der Waals surface area contributed by atoms with Gasteiger partial charge in [0.05, 0.1) is 5.60 Å². The van der Waals surface area contributed by atoms with Gasteiger partial charge in [-0.1, -0.05) is 20.3 Å². The van der Waals surface area contributed by atoms with Crippen LogP contribution in [0.1, 0.15) is 59.8 Å². The molecule has 0 unspecified atom stereocenters. The lowest BCUT2D eigenvalue weighted by molar-refractivity contribution is -0.140. The minimum atomic E-state index is -0.659. The van der Waals surface area contributed by atoms with Crippen LogP contribution in [0.3, 0.4) is 0 Å². The number of ether oxygens (including phenoxy) is 1. The standard InChI is InChI=1S/C15H28O3/c1-11(2)5-6-12(9-14(16)17)13-7-8-18-15(3,4)10-13/h11-13H,5-10H2,1-4H3,(H,16,17)/t12-,13+/m0/s1. The topological polar surface area (TPSA) is 46.5 Å². The molecule has 106 valence electrons. The molecule has 1 aliphatic heterocycles. The maximum atomic E-state index is 11.0. The van der Waals surface area contributed by atoms with Crippen LogP contribution in [0, 0.1) is 17.8 Å². The summed E-state index contributed by atoms with van der Waals surface area (Å²) in [5, 5.41) is 9.08. The summed E-state index contributed by atoms with van der Waals surface area (Å²) in [7, 11) is 0. The Morgan fingerprint density at radius 3 is 2.56 bits per heavy atom. The third-order valence-corrected chi connectivity index (χ3v) is 3.95. The molecule has 1 fully saturated rings. The largest absolute Gasteiger partial charge is 0.481 e. The van der Waals surface area contributed by atoms with E-state index in [2.05, 4.69) is 27.7 Å². The van der Waals surface area contributed by atoms with Gasteiger partial charge in [0.1, 0.15) is 0 Å². The molecule has 1 rings (SSSR count). The first-order valence-electron chi connectivity index (χ1n) is 7.16. The van der Waals surface area contributed by atoms with Gasteiger partial charge >= 0.3 is 5.97 Å². The van der Waals surface area contributed by atoms with Crippen molar-refractivity contribution in [3.8, 4) is 0 Å². The second-order valence-electron chi connectivity index (χ2n) is 6.69. The predicted octanol–water partition coefficient (Wildman–Crippen LogP) is 3.72. The molecule has 1 heterocycles. The van der Waals surface area contributed by atoms with Crippen LogP contribution in [-0.2, 0) is 9.53 Å². The predicted molar refractivity (Wildman–Crippen MR) is 72.6 cm³/mol. The van der Waals surface area contributed by atoms with Crippen LogP contribution >= 0.6 is 0 Å². The zero-order valence-corrected chi connectivity index (χ0v) is 12.2. The summed E-state index contributed by atoms with van der Waals surface area (Å²) in [6.45, 7) is 9.39. The Morgan fingerprint density at radius 2 is 2.06 bits per heavy atom. The van der Waals surface area contributed by atoms with Gasteiger partial charge in [0.15, 0.2) is 0 Å². The third kappa shape index (κ3) is 5.38. The molecule has 0 aromatic carbocycles. The van der Waals surface area contributed by atoms with Crippen molar-refractivity contribution in [1.29, 1.82) is 0 Å². The van der Waals surface area contributed by atoms with Gasteiger partial charge in [-0.15, -0.1) is 0 Å². The van der Waals surface area contributed by atoms with Gasteiger partial charge in [-0.2, -0.15) is 0 Å². The summed E-state index contributed by atoms with van der Waals surface area (Å²) in [6.07, 6.45) is 4.47. The van der Waals surface area contributed by atoms with Crippen molar-refractivity contribution in [2.24, 2.45) is 17.8 Å². The van der Waals surface area contributed by atoms with E-state index in [0.29, 0.717) is 24.2 Å². The minimum Gasteiger partial charge on any atom is -0.481 e. The molecule has 1 N–H and O–H groups in total. The van der Waals surface area contributed by atoms with Crippen molar-refractivity contribution in [2.75, 3.05) is 6.61 Å². The first-order valence-corrected chi connectivity index (χ1v) is 7.16. The Hall–Kier alpha value is -0.570. The normalized spacial score (nSPS) is 25.1. The van der Waals surface area contributed by atoms with E-state index in [9.17, 15) is 4.79 Å². The Kier molecular flexibility index (Phi) is 5.64. The molecule has 3 nitrogen and oxygen atoms in total. The maximum absolute atomic E-state index is 11.0. The summed E-state index contributed by atoms with van der Waals surface area (Å²) >= 11 is 0. The van der Waals surface area contributed by atoms with Crippen molar-refractivity contribution in [1.82, 2.24) is 0 Å².